The van der Waals surface area contributed by atoms with Crippen molar-refractivity contribution in [3.8, 4) is 0 Å². The number of carbonyl (C=O) groups excluding carboxylic acids is 2. The predicted molar refractivity (Wildman–Crippen MR) is 91.8 cm³/mol. The lowest BCUT2D eigenvalue weighted by Gasteiger charge is -2.29. The van der Waals surface area contributed by atoms with Gasteiger partial charge in [0.05, 0.1) is 24.8 Å². The van der Waals surface area contributed by atoms with Gasteiger partial charge in [-0.1, -0.05) is 36.4 Å². The van der Waals surface area contributed by atoms with Crippen molar-refractivity contribution in [1.82, 2.24) is 4.90 Å². The van der Waals surface area contributed by atoms with Crippen LogP contribution in [0.2, 0.25) is 0 Å². The highest BCUT2D eigenvalue weighted by Crippen LogP contribution is 2.32. The lowest BCUT2D eigenvalue weighted by atomic mass is 10.1. The zero-order valence-electron chi connectivity index (χ0n) is 13.5. The molecular weight excluding hydrogens is 304 g/mol. The van der Waals surface area contributed by atoms with Crippen molar-refractivity contribution in [2.24, 2.45) is 5.92 Å². The molecule has 2 fully saturated rings. The molecule has 2 aliphatic heterocycles. The van der Waals surface area contributed by atoms with Crippen LogP contribution in [0.5, 0.6) is 0 Å². The van der Waals surface area contributed by atoms with Crippen LogP contribution >= 0.6 is 0 Å². The van der Waals surface area contributed by atoms with Gasteiger partial charge in [0.1, 0.15) is 0 Å². The van der Waals surface area contributed by atoms with Gasteiger partial charge in [0, 0.05) is 31.4 Å². The van der Waals surface area contributed by atoms with Crippen LogP contribution in [0.3, 0.4) is 0 Å². The summed E-state index contributed by atoms with van der Waals surface area (Å²) in [6.45, 7) is 2.87. The normalized spacial score (nSPS) is 21.5. The molecule has 2 aromatic carbocycles. The van der Waals surface area contributed by atoms with Gasteiger partial charge < -0.3 is 14.5 Å². The molecule has 5 nitrogen and oxygen atoms in total. The zero-order chi connectivity index (χ0) is 16.5. The molecule has 0 aromatic heterocycles. The molecule has 2 aliphatic rings. The molecule has 0 aliphatic carbocycles. The average Bonchev–Trinajstić information content (AvgIpc) is 3.03. The Labute approximate surface area is 140 Å². The molecule has 0 bridgehead atoms. The summed E-state index contributed by atoms with van der Waals surface area (Å²) in [5.74, 6) is -0.151. The molecule has 0 unspecified atom stereocenters. The van der Waals surface area contributed by atoms with Gasteiger partial charge in [0.25, 0.3) is 0 Å². The van der Waals surface area contributed by atoms with Crippen molar-refractivity contribution in [2.75, 3.05) is 37.7 Å². The Hall–Kier alpha value is -2.40. The Morgan fingerprint density at radius 1 is 1.04 bits per heavy atom. The second-order valence-corrected chi connectivity index (χ2v) is 6.34. The molecule has 0 N–H and O–H groups in total. The van der Waals surface area contributed by atoms with E-state index in [1.165, 1.54) is 0 Å². The highest BCUT2D eigenvalue weighted by Gasteiger charge is 2.37. The van der Waals surface area contributed by atoms with Crippen LogP contribution in [0, 0.1) is 5.92 Å². The summed E-state index contributed by atoms with van der Waals surface area (Å²) in [6.07, 6.45) is 0.291. The van der Waals surface area contributed by atoms with Crippen molar-refractivity contribution in [2.45, 2.75) is 6.42 Å². The van der Waals surface area contributed by atoms with Crippen molar-refractivity contribution < 1.29 is 14.3 Å². The van der Waals surface area contributed by atoms with Crippen LogP contribution in [-0.2, 0) is 14.3 Å². The van der Waals surface area contributed by atoms with Crippen molar-refractivity contribution in [3.05, 3.63) is 42.5 Å². The highest BCUT2D eigenvalue weighted by atomic mass is 16.5. The number of hydrogen-bond donors (Lipinski definition) is 0. The number of ether oxygens (including phenoxy) is 1. The summed E-state index contributed by atoms with van der Waals surface area (Å²) in [7, 11) is 0. The Balaban J connectivity index is 1.58. The number of nitrogens with zero attached hydrogens (tertiary/aromatic N) is 2. The maximum atomic E-state index is 12.7. The number of hydrogen-bond acceptors (Lipinski definition) is 3. The molecule has 2 saturated heterocycles. The maximum Gasteiger partial charge on any atom is 0.228 e. The lowest BCUT2D eigenvalue weighted by molar-refractivity contribution is -0.139. The summed E-state index contributed by atoms with van der Waals surface area (Å²) in [4.78, 5) is 28.8. The van der Waals surface area contributed by atoms with E-state index < -0.39 is 0 Å². The highest BCUT2D eigenvalue weighted by molar-refractivity contribution is 6.06. The van der Waals surface area contributed by atoms with Gasteiger partial charge in [-0.2, -0.15) is 0 Å². The molecule has 2 amide bonds. The molecule has 5 heteroatoms. The molecule has 4 rings (SSSR count). The van der Waals surface area contributed by atoms with Gasteiger partial charge in [-0.3, -0.25) is 9.59 Å². The Morgan fingerprint density at radius 2 is 1.79 bits per heavy atom. The number of benzene rings is 2. The lowest BCUT2D eigenvalue weighted by Crippen LogP contribution is -2.44. The summed E-state index contributed by atoms with van der Waals surface area (Å²) < 4.78 is 5.30. The fraction of sp³-hybridized carbons (Fsp3) is 0.368. The molecule has 124 valence electrons. The summed E-state index contributed by atoms with van der Waals surface area (Å²) in [5.41, 5.74) is 0.898. The first kappa shape index (κ1) is 15.1. The van der Waals surface area contributed by atoms with E-state index in [1.54, 1.807) is 4.90 Å². The third kappa shape index (κ3) is 2.65. The van der Waals surface area contributed by atoms with Gasteiger partial charge in [-0.25, -0.2) is 0 Å². The number of anilines is 1. The molecule has 0 spiro atoms. The number of morpholine rings is 1. The minimum Gasteiger partial charge on any atom is -0.378 e. The van der Waals surface area contributed by atoms with E-state index in [1.807, 2.05) is 47.4 Å². The Bertz CT molecular complexity index is 778. The van der Waals surface area contributed by atoms with Crippen LogP contribution in [0.25, 0.3) is 10.8 Å². The maximum absolute atomic E-state index is 12.7. The third-order valence-electron chi connectivity index (χ3n) is 4.85. The van der Waals surface area contributed by atoms with Crippen LogP contribution < -0.4 is 4.90 Å². The largest absolute Gasteiger partial charge is 0.378 e. The van der Waals surface area contributed by atoms with E-state index in [4.69, 9.17) is 4.74 Å². The fourth-order valence-corrected chi connectivity index (χ4v) is 3.59. The minimum atomic E-state index is -0.255. The van der Waals surface area contributed by atoms with Crippen LogP contribution in [0.1, 0.15) is 6.42 Å². The van der Waals surface area contributed by atoms with Gasteiger partial charge in [-0.15, -0.1) is 0 Å². The van der Waals surface area contributed by atoms with Gasteiger partial charge >= 0.3 is 0 Å². The second kappa shape index (κ2) is 6.24. The fourth-order valence-electron chi connectivity index (χ4n) is 3.59. The predicted octanol–water partition coefficient (Wildman–Crippen LogP) is 2.05. The second-order valence-electron chi connectivity index (χ2n) is 6.34. The number of fused-ring (bicyclic) bond motifs is 1. The van der Waals surface area contributed by atoms with Crippen molar-refractivity contribution in [1.29, 1.82) is 0 Å². The van der Waals surface area contributed by atoms with E-state index in [-0.39, 0.29) is 17.7 Å². The van der Waals surface area contributed by atoms with Gasteiger partial charge in [-0.05, 0) is 11.5 Å². The zero-order valence-corrected chi connectivity index (χ0v) is 13.5. The van der Waals surface area contributed by atoms with Gasteiger partial charge in [0.15, 0.2) is 0 Å². The molecular formula is C19H20N2O3. The van der Waals surface area contributed by atoms with E-state index in [0.717, 1.165) is 16.5 Å². The van der Waals surface area contributed by atoms with E-state index in [2.05, 4.69) is 0 Å². The van der Waals surface area contributed by atoms with E-state index in [0.29, 0.717) is 39.3 Å². The first-order valence-electron chi connectivity index (χ1n) is 8.39. The van der Waals surface area contributed by atoms with E-state index in [9.17, 15) is 9.59 Å². The van der Waals surface area contributed by atoms with Gasteiger partial charge in [0.2, 0.25) is 11.8 Å². The molecule has 2 heterocycles. The summed E-state index contributed by atoms with van der Waals surface area (Å²) in [6, 6.07) is 14.0. The number of amides is 2. The summed E-state index contributed by atoms with van der Waals surface area (Å²) >= 11 is 0. The van der Waals surface area contributed by atoms with Crippen LogP contribution in [0.4, 0.5) is 5.69 Å². The topological polar surface area (TPSA) is 49.9 Å². The number of rotatable bonds is 2. The van der Waals surface area contributed by atoms with Crippen LogP contribution in [-0.4, -0.2) is 49.6 Å². The average molecular weight is 324 g/mol. The minimum absolute atomic E-state index is 0.0259. The molecule has 0 saturated carbocycles. The SMILES string of the molecule is O=C([C@@H]1CC(=O)N(c2cccc3ccccc23)C1)N1CCOCC1. The molecule has 1 atom stereocenters. The smallest absolute Gasteiger partial charge is 0.228 e. The monoisotopic (exact) mass is 324 g/mol. The Kier molecular flexibility index (Phi) is 3.94. The molecule has 2 aromatic rings. The first-order valence-corrected chi connectivity index (χ1v) is 8.39. The third-order valence-corrected chi connectivity index (χ3v) is 4.85. The molecule has 0 radical (unpaired) electrons. The number of carbonyl (C=O) groups is 2. The standard InChI is InChI=1S/C19H20N2O3/c22-18-12-15(19(23)20-8-10-24-11-9-20)13-21(18)17-7-3-5-14-4-1-2-6-16(14)17/h1-7,15H,8-13H2/t15-/m1/s1. The summed E-state index contributed by atoms with van der Waals surface area (Å²) in [5, 5.41) is 2.15. The van der Waals surface area contributed by atoms with Crippen molar-refractivity contribution in [3.63, 3.8) is 0 Å². The molecule has 24 heavy (non-hydrogen) atoms. The first-order chi connectivity index (χ1) is 11.7. The van der Waals surface area contributed by atoms with Crippen molar-refractivity contribution >= 4 is 28.3 Å². The quantitative estimate of drug-likeness (QED) is 0.849. The Morgan fingerprint density at radius 3 is 2.62 bits per heavy atom. The van der Waals surface area contributed by atoms with Crippen LogP contribution in [0.15, 0.2) is 42.5 Å². The van der Waals surface area contributed by atoms with E-state index >= 15 is 0 Å².